The lowest BCUT2D eigenvalue weighted by Crippen LogP contribution is -2.23. The zero-order valence-corrected chi connectivity index (χ0v) is 14.8. The predicted molar refractivity (Wildman–Crippen MR) is 98.9 cm³/mol. The van der Waals surface area contributed by atoms with Gasteiger partial charge in [-0.2, -0.15) is 0 Å². The Labute approximate surface area is 150 Å². The van der Waals surface area contributed by atoms with Gasteiger partial charge in [0, 0.05) is 11.6 Å². The standard InChI is InChI=1S/C19H17N3O2S/c1-13-18(25-14(2)22-13)19(23)21-10-3-4-12-24-16-9-5-7-15-8-6-11-20-17(15)16/h5-9,11H,10,12H2,1-2H3,(H,21,23). The number of rotatable bonds is 4. The lowest BCUT2D eigenvalue weighted by molar-refractivity contribution is 0.0962. The number of para-hydroxylation sites is 1. The van der Waals surface area contributed by atoms with Gasteiger partial charge in [-0.1, -0.05) is 30.0 Å². The van der Waals surface area contributed by atoms with Gasteiger partial charge in [0.1, 0.15) is 22.8 Å². The lowest BCUT2D eigenvalue weighted by Gasteiger charge is -2.05. The van der Waals surface area contributed by atoms with E-state index in [-0.39, 0.29) is 19.1 Å². The van der Waals surface area contributed by atoms with Crippen LogP contribution < -0.4 is 10.1 Å². The van der Waals surface area contributed by atoms with E-state index >= 15 is 0 Å². The molecule has 0 aliphatic rings. The third-order valence-corrected chi connectivity index (χ3v) is 4.54. The Balaban J connectivity index is 1.52. The number of ether oxygens (including phenoxy) is 1. The minimum absolute atomic E-state index is 0.142. The van der Waals surface area contributed by atoms with Crippen LogP contribution in [-0.4, -0.2) is 29.0 Å². The van der Waals surface area contributed by atoms with E-state index in [1.165, 1.54) is 11.3 Å². The van der Waals surface area contributed by atoms with Crippen LogP contribution in [0.2, 0.25) is 0 Å². The van der Waals surface area contributed by atoms with Crippen LogP contribution in [0.1, 0.15) is 20.4 Å². The number of aryl methyl sites for hydroxylation is 2. The number of hydrogen-bond donors (Lipinski definition) is 1. The van der Waals surface area contributed by atoms with Crippen molar-refractivity contribution in [1.29, 1.82) is 0 Å². The Hall–Kier alpha value is -2.91. The van der Waals surface area contributed by atoms with Crippen molar-refractivity contribution in [2.24, 2.45) is 0 Å². The minimum Gasteiger partial charge on any atom is -0.479 e. The summed E-state index contributed by atoms with van der Waals surface area (Å²) < 4.78 is 5.68. The van der Waals surface area contributed by atoms with Crippen LogP contribution in [0.3, 0.4) is 0 Å². The number of thiazole rings is 1. The smallest absolute Gasteiger partial charge is 0.264 e. The molecule has 2 aromatic heterocycles. The van der Waals surface area contributed by atoms with Crippen LogP contribution in [0.4, 0.5) is 0 Å². The van der Waals surface area contributed by atoms with E-state index in [1.54, 1.807) is 6.20 Å². The molecule has 3 rings (SSSR count). The molecule has 0 saturated heterocycles. The van der Waals surface area contributed by atoms with Gasteiger partial charge in [0.15, 0.2) is 0 Å². The van der Waals surface area contributed by atoms with Gasteiger partial charge in [0.2, 0.25) is 0 Å². The first-order valence-electron chi connectivity index (χ1n) is 7.79. The summed E-state index contributed by atoms with van der Waals surface area (Å²) >= 11 is 1.39. The molecule has 0 aliphatic carbocycles. The van der Waals surface area contributed by atoms with Gasteiger partial charge in [-0.05, 0) is 26.0 Å². The minimum atomic E-state index is -0.142. The zero-order valence-electron chi connectivity index (χ0n) is 14.0. The summed E-state index contributed by atoms with van der Waals surface area (Å²) in [6.07, 6.45) is 1.74. The molecule has 25 heavy (non-hydrogen) atoms. The Morgan fingerprint density at radius 2 is 2.08 bits per heavy atom. The average Bonchev–Trinajstić information content (AvgIpc) is 2.96. The molecule has 2 heterocycles. The Kier molecular flexibility index (Phi) is 5.26. The van der Waals surface area contributed by atoms with Crippen molar-refractivity contribution in [2.45, 2.75) is 13.8 Å². The monoisotopic (exact) mass is 351 g/mol. The quantitative estimate of drug-likeness (QED) is 0.734. The van der Waals surface area contributed by atoms with Gasteiger partial charge in [0.25, 0.3) is 5.91 Å². The number of nitrogens with zero attached hydrogens (tertiary/aromatic N) is 2. The molecule has 0 bridgehead atoms. The number of aromatic nitrogens is 2. The normalized spacial score (nSPS) is 10.2. The number of nitrogens with one attached hydrogen (secondary N) is 1. The molecular formula is C19H17N3O2S. The highest BCUT2D eigenvalue weighted by Crippen LogP contribution is 2.22. The van der Waals surface area contributed by atoms with Crippen molar-refractivity contribution in [3.63, 3.8) is 0 Å². The number of amides is 1. The van der Waals surface area contributed by atoms with Crippen LogP contribution in [0.5, 0.6) is 5.75 Å². The fourth-order valence-electron chi connectivity index (χ4n) is 2.37. The summed E-state index contributed by atoms with van der Waals surface area (Å²) in [6.45, 7) is 4.22. The summed E-state index contributed by atoms with van der Waals surface area (Å²) in [5.41, 5.74) is 1.57. The van der Waals surface area contributed by atoms with Gasteiger partial charge in [-0.25, -0.2) is 4.98 Å². The SMILES string of the molecule is Cc1nc(C)c(C(=O)NCC#CCOc2cccc3cccnc23)s1. The van der Waals surface area contributed by atoms with Crippen LogP contribution in [0, 0.1) is 25.7 Å². The number of carbonyl (C=O) groups is 1. The van der Waals surface area contributed by atoms with Crippen molar-refractivity contribution >= 4 is 28.1 Å². The fraction of sp³-hybridized carbons (Fsp3) is 0.211. The number of pyridine rings is 1. The molecule has 3 aromatic rings. The van der Waals surface area contributed by atoms with E-state index in [0.717, 1.165) is 21.6 Å². The maximum absolute atomic E-state index is 12.0. The summed E-state index contributed by atoms with van der Waals surface area (Å²) in [7, 11) is 0. The Morgan fingerprint density at radius 3 is 2.88 bits per heavy atom. The number of fused-ring (bicyclic) bond motifs is 1. The van der Waals surface area contributed by atoms with Crippen molar-refractivity contribution in [3.05, 3.63) is 52.1 Å². The molecule has 0 aliphatic heterocycles. The van der Waals surface area contributed by atoms with Crippen LogP contribution >= 0.6 is 11.3 Å². The van der Waals surface area contributed by atoms with Crippen molar-refractivity contribution < 1.29 is 9.53 Å². The molecule has 0 spiro atoms. The van der Waals surface area contributed by atoms with E-state index < -0.39 is 0 Å². The van der Waals surface area contributed by atoms with E-state index in [2.05, 4.69) is 27.1 Å². The molecule has 5 nitrogen and oxygen atoms in total. The first-order valence-corrected chi connectivity index (χ1v) is 8.61. The van der Waals surface area contributed by atoms with E-state index in [1.807, 2.05) is 44.2 Å². The molecule has 0 fully saturated rings. The maximum Gasteiger partial charge on any atom is 0.264 e. The molecule has 0 saturated carbocycles. The summed E-state index contributed by atoms with van der Waals surface area (Å²) in [6, 6.07) is 9.65. The largest absolute Gasteiger partial charge is 0.479 e. The van der Waals surface area contributed by atoms with Crippen LogP contribution in [0.25, 0.3) is 10.9 Å². The molecule has 0 unspecified atom stereocenters. The molecule has 1 aromatic carbocycles. The summed E-state index contributed by atoms with van der Waals surface area (Å²) in [4.78, 5) is 21.2. The van der Waals surface area contributed by atoms with Gasteiger partial charge < -0.3 is 10.1 Å². The molecular weight excluding hydrogens is 334 g/mol. The second-order valence-corrected chi connectivity index (χ2v) is 6.51. The average molecular weight is 351 g/mol. The zero-order chi connectivity index (χ0) is 17.6. The Bertz CT molecular complexity index is 964. The third kappa shape index (κ3) is 4.14. The van der Waals surface area contributed by atoms with Crippen molar-refractivity contribution in [3.8, 4) is 17.6 Å². The van der Waals surface area contributed by atoms with Gasteiger partial charge >= 0.3 is 0 Å². The van der Waals surface area contributed by atoms with Crippen LogP contribution in [0.15, 0.2) is 36.5 Å². The van der Waals surface area contributed by atoms with E-state index in [0.29, 0.717) is 10.6 Å². The second-order valence-electron chi connectivity index (χ2n) is 5.30. The first kappa shape index (κ1) is 16.9. The molecule has 1 N–H and O–H groups in total. The molecule has 0 radical (unpaired) electrons. The number of benzene rings is 1. The first-order chi connectivity index (χ1) is 12.1. The topological polar surface area (TPSA) is 64.1 Å². The van der Waals surface area contributed by atoms with Crippen molar-refractivity contribution in [1.82, 2.24) is 15.3 Å². The van der Waals surface area contributed by atoms with Crippen molar-refractivity contribution in [2.75, 3.05) is 13.2 Å². The number of carbonyl (C=O) groups excluding carboxylic acids is 1. The summed E-state index contributed by atoms with van der Waals surface area (Å²) in [5, 5.41) is 4.68. The highest BCUT2D eigenvalue weighted by molar-refractivity contribution is 7.13. The summed E-state index contributed by atoms with van der Waals surface area (Å²) in [5.74, 6) is 6.34. The molecule has 126 valence electrons. The van der Waals surface area contributed by atoms with Crippen LogP contribution in [-0.2, 0) is 0 Å². The maximum atomic E-state index is 12.0. The fourth-order valence-corrected chi connectivity index (χ4v) is 3.20. The lowest BCUT2D eigenvalue weighted by atomic mass is 10.2. The highest BCUT2D eigenvalue weighted by atomic mass is 32.1. The molecule has 6 heteroatoms. The third-order valence-electron chi connectivity index (χ3n) is 3.47. The molecule has 1 amide bonds. The number of hydrogen-bond acceptors (Lipinski definition) is 5. The highest BCUT2D eigenvalue weighted by Gasteiger charge is 2.12. The predicted octanol–water partition coefficient (Wildman–Crippen LogP) is 3.12. The van der Waals surface area contributed by atoms with Gasteiger partial charge in [-0.3, -0.25) is 9.78 Å². The Morgan fingerprint density at radius 1 is 1.24 bits per heavy atom. The second kappa shape index (κ2) is 7.77. The van der Waals surface area contributed by atoms with E-state index in [9.17, 15) is 4.79 Å². The molecule has 0 atom stereocenters. The van der Waals surface area contributed by atoms with E-state index in [4.69, 9.17) is 4.74 Å². The van der Waals surface area contributed by atoms with Gasteiger partial charge in [-0.15, -0.1) is 11.3 Å². The van der Waals surface area contributed by atoms with Gasteiger partial charge in [0.05, 0.1) is 17.2 Å².